The Hall–Kier alpha value is -2.67. The molecule has 0 fully saturated rings. The third kappa shape index (κ3) is 3.95. The second kappa shape index (κ2) is 7.55. The van der Waals surface area contributed by atoms with Crippen LogP contribution in [-0.4, -0.2) is 28.3 Å². The molecule has 2 aromatic carbocycles. The van der Waals surface area contributed by atoms with Gasteiger partial charge in [0.2, 0.25) is 0 Å². The molecule has 1 unspecified atom stereocenters. The van der Waals surface area contributed by atoms with Crippen molar-refractivity contribution in [2.45, 2.75) is 12.3 Å². The third-order valence-electron chi connectivity index (χ3n) is 3.86. The van der Waals surface area contributed by atoms with E-state index in [1.54, 1.807) is 14.2 Å². The summed E-state index contributed by atoms with van der Waals surface area (Å²) in [6, 6.07) is 16.2. The first-order valence-corrected chi connectivity index (χ1v) is 7.46. The van der Waals surface area contributed by atoms with Gasteiger partial charge in [-0.15, -0.1) is 0 Å². The van der Waals surface area contributed by atoms with Gasteiger partial charge in [-0.3, -0.25) is 0 Å². The minimum absolute atomic E-state index is 0.225. The normalized spacial score (nSPS) is 11.4. The van der Waals surface area contributed by atoms with Crippen molar-refractivity contribution >= 4 is 5.69 Å². The van der Waals surface area contributed by atoms with Gasteiger partial charge in [0.25, 0.3) is 0 Å². The van der Waals surface area contributed by atoms with Crippen LogP contribution < -0.4 is 14.4 Å². The van der Waals surface area contributed by atoms with E-state index >= 15 is 0 Å². The molecule has 0 radical (unpaired) electrons. The number of hydrogen-bond acceptors (Lipinski definition) is 4. The van der Waals surface area contributed by atoms with Crippen molar-refractivity contribution in [3.63, 3.8) is 0 Å². The van der Waals surface area contributed by atoms with Gasteiger partial charge in [0, 0.05) is 25.8 Å². The Balaban J connectivity index is 2.30. The second-order valence-corrected chi connectivity index (χ2v) is 5.55. The summed E-state index contributed by atoms with van der Waals surface area (Å²) >= 11 is 0. The molecule has 0 amide bonds. The van der Waals surface area contributed by atoms with Crippen LogP contribution in [-0.2, 0) is 6.42 Å². The SMILES string of the molecule is COc1ccc(CC(C#N)c2cccc(N(C)C)c2)c(OC)c1. The summed E-state index contributed by atoms with van der Waals surface area (Å²) in [6.45, 7) is 0. The van der Waals surface area contributed by atoms with Gasteiger partial charge in [-0.1, -0.05) is 18.2 Å². The summed E-state index contributed by atoms with van der Waals surface area (Å²) in [5.74, 6) is 1.26. The van der Waals surface area contributed by atoms with Crippen molar-refractivity contribution in [2.24, 2.45) is 0 Å². The van der Waals surface area contributed by atoms with Gasteiger partial charge < -0.3 is 14.4 Å². The fraction of sp³-hybridized carbons (Fsp3) is 0.316. The number of nitriles is 1. The van der Waals surface area contributed by atoms with Gasteiger partial charge in [0.15, 0.2) is 0 Å². The number of anilines is 1. The number of nitrogens with zero attached hydrogens (tertiary/aromatic N) is 2. The fourth-order valence-electron chi connectivity index (χ4n) is 2.50. The molecular weight excluding hydrogens is 288 g/mol. The molecule has 0 aliphatic rings. The zero-order valence-corrected chi connectivity index (χ0v) is 14.0. The van der Waals surface area contributed by atoms with Gasteiger partial charge in [0.05, 0.1) is 26.2 Å². The predicted octanol–water partition coefficient (Wildman–Crippen LogP) is 3.62. The Kier molecular flexibility index (Phi) is 5.48. The maximum atomic E-state index is 9.61. The minimum atomic E-state index is -0.225. The first-order chi connectivity index (χ1) is 11.1. The van der Waals surface area contributed by atoms with E-state index in [0.717, 1.165) is 28.3 Å². The van der Waals surface area contributed by atoms with Gasteiger partial charge in [-0.25, -0.2) is 0 Å². The Morgan fingerprint density at radius 2 is 1.87 bits per heavy atom. The molecule has 0 aromatic heterocycles. The first kappa shape index (κ1) is 16.7. The molecule has 4 heteroatoms. The Bertz CT molecular complexity index is 705. The van der Waals surface area contributed by atoms with Gasteiger partial charge in [0.1, 0.15) is 11.5 Å². The molecule has 0 bridgehead atoms. The molecule has 0 spiro atoms. The first-order valence-electron chi connectivity index (χ1n) is 7.46. The Morgan fingerprint density at radius 1 is 1.09 bits per heavy atom. The van der Waals surface area contributed by atoms with Crippen molar-refractivity contribution < 1.29 is 9.47 Å². The van der Waals surface area contributed by atoms with E-state index in [1.165, 1.54) is 0 Å². The highest BCUT2D eigenvalue weighted by atomic mass is 16.5. The molecule has 0 aliphatic heterocycles. The van der Waals surface area contributed by atoms with Crippen molar-refractivity contribution in [2.75, 3.05) is 33.2 Å². The molecule has 2 aromatic rings. The zero-order valence-electron chi connectivity index (χ0n) is 14.0. The van der Waals surface area contributed by atoms with E-state index in [4.69, 9.17) is 9.47 Å². The van der Waals surface area contributed by atoms with Crippen molar-refractivity contribution in [3.8, 4) is 17.6 Å². The van der Waals surface area contributed by atoms with Gasteiger partial charge in [-0.05, 0) is 35.7 Å². The predicted molar refractivity (Wildman–Crippen MR) is 92.4 cm³/mol. The summed E-state index contributed by atoms with van der Waals surface area (Å²) in [7, 11) is 7.24. The van der Waals surface area contributed by atoms with Crippen LogP contribution in [0.2, 0.25) is 0 Å². The maximum Gasteiger partial charge on any atom is 0.125 e. The average molecular weight is 310 g/mol. The maximum absolute atomic E-state index is 9.61. The average Bonchev–Trinajstić information content (AvgIpc) is 2.59. The number of hydrogen-bond donors (Lipinski definition) is 0. The summed E-state index contributed by atoms with van der Waals surface area (Å²) in [4.78, 5) is 2.03. The molecule has 0 N–H and O–H groups in total. The van der Waals surface area contributed by atoms with Gasteiger partial charge in [-0.2, -0.15) is 5.26 Å². The van der Waals surface area contributed by atoms with Crippen LogP contribution in [0, 0.1) is 11.3 Å². The molecule has 4 nitrogen and oxygen atoms in total. The molecule has 0 heterocycles. The summed E-state index contributed by atoms with van der Waals surface area (Å²) in [5, 5.41) is 9.61. The van der Waals surface area contributed by atoms with E-state index in [0.29, 0.717) is 6.42 Å². The lowest BCUT2D eigenvalue weighted by molar-refractivity contribution is 0.390. The molecular formula is C19H22N2O2. The third-order valence-corrected chi connectivity index (χ3v) is 3.86. The van der Waals surface area contributed by atoms with Crippen LogP contribution >= 0.6 is 0 Å². The van der Waals surface area contributed by atoms with Crippen molar-refractivity contribution in [1.82, 2.24) is 0 Å². The van der Waals surface area contributed by atoms with Crippen LogP contribution in [0.15, 0.2) is 42.5 Å². The van der Waals surface area contributed by atoms with E-state index in [2.05, 4.69) is 12.1 Å². The van der Waals surface area contributed by atoms with Crippen molar-refractivity contribution in [3.05, 3.63) is 53.6 Å². The lowest BCUT2D eigenvalue weighted by Crippen LogP contribution is -2.10. The highest BCUT2D eigenvalue weighted by Gasteiger charge is 2.16. The van der Waals surface area contributed by atoms with Crippen LogP contribution in [0.3, 0.4) is 0 Å². The minimum Gasteiger partial charge on any atom is -0.497 e. The number of benzene rings is 2. The van der Waals surface area contributed by atoms with E-state index < -0.39 is 0 Å². The largest absolute Gasteiger partial charge is 0.497 e. The molecule has 2 rings (SSSR count). The highest BCUT2D eigenvalue weighted by Crippen LogP contribution is 2.30. The molecule has 23 heavy (non-hydrogen) atoms. The molecule has 0 saturated carbocycles. The molecule has 0 aliphatic carbocycles. The monoisotopic (exact) mass is 310 g/mol. The quantitative estimate of drug-likeness (QED) is 0.817. The second-order valence-electron chi connectivity index (χ2n) is 5.55. The fourth-order valence-corrected chi connectivity index (χ4v) is 2.50. The number of ether oxygens (including phenoxy) is 2. The lowest BCUT2D eigenvalue weighted by atomic mass is 9.92. The van der Waals surface area contributed by atoms with E-state index in [1.807, 2.05) is 55.4 Å². The summed E-state index contributed by atoms with van der Waals surface area (Å²) in [6.07, 6.45) is 0.598. The highest BCUT2D eigenvalue weighted by molar-refractivity contribution is 5.50. The topological polar surface area (TPSA) is 45.5 Å². The number of methoxy groups -OCH3 is 2. The summed E-state index contributed by atoms with van der Waals surface area (Å²) < 4.78 is 10.7. The Morgan fingerprint density at radius 3 is 2.48 bits per heavy atom. The van der Waals surface area contributed by atoms with Crippen LogP contribution in [0.1, 0.15) is 17.0 Å². The van der Waals surface area contributed by atoms with Crippen LogP contribution in [0.25, 0.3) is 0 Å². The zero-order chi connectivity index (χ0) is 16.8. The molecule has 1 atom stereocenters. The summed E-state index contributed by atoms with van der Waals surface area (Å²) in [5.41, 5.74) is 3.09. The van der Waals surface area contributed by atoms with E-state index in [9.17, 15) is 5.26 Å². The molecule has 0 saturated heterocycles. The lowest BCUT2D eigenvalue weighted by Gasteiger charge is -2.17. The van der Waals surface area contributed by atoms with Crippen LogP contribution in [0.4, 0.5) is 5.69 Å². The van der Waals surface area contributed by atoms with E-state index in [-0.39, 0.29) is 5.92 Å². The Labute approximate surface area is 137 Å². The molecule has 120 valence electrons. The van der Waals surface area contributed by atoms with Crippen molar-refractivity contribution in [1.29, 1.82) is 5.26 Å². The smallest absolute Gasteiger partial charge is 0.125 e. The van der Waals surface area contributed by atoms with Gasteiger partial charge >= 0.3 is 0 Å². The number of rotatable bonds is 6. The van der Waals surface area contributed by atoms with Crippen LogP contribution in [0.5, 0.6) is 11.5 Å². The standard InChI is InChI=1S/C19H22N2O2/c1-21(2)17-7-5-6-14(11-17)16(13-20)10-15-8-9-18(22-3)12-19(15)23-4/h5-9,11-12,16H,10H2,1-4H3.